The van der Waals surface area contributed by atoms with Crippen molar-refractivity contribution < 1.29 is 32.6 Å². The van der Waals surface area contributed by atoms with Gasteiger partial charge in [0.05, 0.1) is 36.6 Å². The molecular formula is C28H36N6O7S2. The number of para-hydroxylation sites is 2. The number of carboxylic acid groups (broad SMARTS) is 1. The molecule has 13 nitrogen and oxygen atoms in total. The van der Waals surface area contributed by atoms with Crippen LogP contribution in [0.15, 0.2) is 52.5 Å². The fraction of sp³-hybridized carbons (Fsp3) is 0.429. The van der Waals surface area contributed by atoms with E-state index in [1.165, 1.54) is 30.0 Å². The summed E-state index contributed by atoms with van der Waals surface area (Å²) in [4.78, 5) is 44.0. The number of sulfonamides is 1. The Bertz CT molecular complexity index is 1570. The van der Waals surface area contributed by atoms with Gasteiger partial charge in [0.2, 0.25) is 15.9 Å². The zero-order valence-electron chi connectivity index (χ0n) is 24.2. The second-order valence-corrected chi connectivity index (χ2v) is 12.8. The molecule has 3 aromatic rings. The standard InChI is InChI=1S/C28H36N6O7S2/c1-19(16-34-23-7-5-4-6-22(23)30-28(34)42-3)41-24-14-20(29-26(36)17-33-12-10-32(2)11-13-33)8-9-25(24)43(39,40)31-21(18-35)15-27(37)38/h4-9,14,18-19,21,31H,10-13,15-17H2,1-3H3,(H,29,36)(H,37,38). The molecule has 0 saturated carbocycles. The number of hydrogen-bond acceptors (Lipinski definition) is 10. The van der Waals surface area contributed by atoms with Gasteiger partial charge in [-0.2, -0.15) is 0 Å². The normalized spacial score (nSPS) is 16.1. The van der Waals surface area contributed by atoms with Gasteiger partial charge in [-0.25, -0.2) is 18.1 Å². The quantitative estimate of drug-likeness (QED) is 0.175. The van der Waals surface area contributed by atoms with Gasteiger partial charge in [0.15, 0.2) is 5.16 Å². The zero-order chi connectivity index (χ0) is 31.1. The average molecular weight is 633 g/mol. The van der Waals surface area contributed by atoms with E-state index in [2.05, 4.69) is 19.9 Å². The highest BCUT2D eigenvalue weighted by molar-refractivity contribution is 7.98. The third-order valence-corrected chi connectivity index (χ3v) is 9.12. The molecule has 1 aliphatic heterocycles. The van der Waals surface area contributed by atoms with E-state index in [9.17, 15) is 22.8 Å². The molecule has 2 aromatic carbocycles. The number of piperazine rings is 1. The van der Waals surface area contributed by atoms with Crippen molar-refractivity contribution in [3.8, 4) is 5.75 Å². The summed E-state index contributed by atoms with van der Waals surface area (Å²) in [5, 5.41) is 12.7. The van der Waals surface area contributed by atoms with E-state index in [1.807, 2.05) is 47.0 Å². The third kappa shape index (κ3) is 8.54. The molecule has 2 heterocycles. The minimum absolute atomic E-state index is 0.0625. The van der Waals surface area contributed by atoms with Gasteiger partial charge < -0.3 is 29.4 Å². The van der Waals surface area contributed by atoms with Crippen molar-refractivity contribution in [1.82, 2.24) is 24.1 Å². The summed E-state index contributed by atoms with van der Waals surface area (Å²) in [6.07, 6.45) is 0.861. The van der Waals surface area contributed by atoms with Gasteiger partial charge in [0.1, 0.15) is 23.0 Å². The highest BCUT2D eigenvalue weighted by Gasteiger charge is 2.27. The van der Waals surface area contributed by atoms with Crippen LogP contribution in [0.25, 0.3) is 11.0 Å². The van der Waals surface area contributed by atoms with Crippen molar-refractivity contribution in [3.05, 3.63) is 42.5 Å². The number of carbonyl (C=O) groups excluding carboxylic acids is 2. The average Bonchev–Trinajstić information content (AvgIpc) is 3.30. The molecule has 1 saturated heterocycles. The molecule has 1 aliphatic rings. The van der Waals surface area contributed by atoms with Crippen LogP contribution in [0.2, 0.25) is 0 Å². The predicted octanol–water partition coefficient (Wildman–Crippen LogP) is 1.73. The van der Waals surface area contributed by atoms with E-state index in [0.717, 1.165) is 42.4 Å². The number of nitrogens with one attached hydrogen (secondary N) is 2. The van der Waals surface area contributed by atoms with Crippen LogP contribution in [-0.4, -0.2) is 109 Å². The first kappa shape index (κ1) is 32.4. The number of benzene rings is 2. The summed E-state index contributed by atoms with van der Waals surface area (Å²) in [6, 6.07) is 10.3. The van der Waals surface area contributed by atoms with Crippen LogP contribution in [0.1, 0.15) is 13.3 Å². The van der Waals surface area contributed by atoms with Gasteiger partial charge in [-0.05, 0) is 44.5 Å². The summed E-state index contributed by atoms with van der Waals surface area (Å²) in [6.45, 7) is 5.53. The first-order valence-electron chi connectivity index (χ1n) is 13.7. The molecule has 2 unspecified atom stereocenters. The number of imidazole rings is 1. The summed E-state index contributed by atoms with van der Waals surface area (Å²) in [5.41, 5.74) is 2.04. The second kappa shape index (κ2) is 14.3. The number of rotatable bonds is 14. The zero-order valence-corrected chi connectivity index (χ0v) is 25.9. The molecule has 0 radical (unpaired) electrons. The van der Waals surface area contributed by atoms with Gasteiger partial charge in [-0.1, -0.05) is 23.9 Å². The van der Waals surface area contributed by atoms with Gasteiger partial charge in [0.25, 0.3) is 0 Å². The van der Waals surface area contributed by atoms with Crippen LogP contribution in [0.5, 0.6) is 5.75 Å². The minimum Gasteiger partial charge on any atom is -0.487 e. The number of anilines is 1. The van der Waals surface area contributed by atoms with Crippen molar-refractivity contribution in [2.75, 3.05) is 51.3 Å². The predicted molar refractivity (Wildman–Crippen MR) is 163 cm³/mol. The summed E-state index contributed by atoms with van der Waals surface area (Å²) >= 11 is 1.47. The lowest BCUT2D eigenvalue weighted by Crippen LogP contribution is -2.47. The number of aldehydes is 1. The Morgan fingerprint density at radius 3 is 2.56 bits per heavy atom. The number of likely N-dealkylation sites (N-methyl/N-ethyl adjacent to an activating group) is 1. The Hall–Kier alpha value is -3.50. The number of amides is 1. The number of carboxylic acids is 1. The van der Waals surface area contributed by atoms with Crippen LogP contribution in [0.4, 0.5) is 5.69 Å². The molecule has 43 heavy (non-hydrogen) atoms. The molecule has 1 amide bonds. The number of thioether (sulfide) groups is 1. The second-order valence-electron chi connectivity index (χ2n) is 10.4. The molecule has 3 N–H and O–H groups in total. The number of aromatic nitrogens is 2. The van der Waals surface area contributed by atoms with Crippen molar-refractivity contribution in [2.45, 2.75) is 42.1 Å². The van der Waals surface area contributed by atoms with Crippen molar-refractivity contribution >= 4 is 56.7 Å². The number of fused-ring (bicyclic) bond motifs is 1. The number of carbonyl (C=O) groups is 3. The largest absolute Gasteiger partial charge is 0.487 e. The van der Waals surface area contributed by atoms with Gasteiger partial charge in [0, 0.05) is 37.9 Å². The van der Waals surface area contributed by atoms with Crippen LogP contribution in [0.3, 0.4) is 0 Å². The Morgan fingerprint density at radius 1 is 1.16 bits per heavy atom. The van der Waals surface area contributed by atoms with E-state index in [1.54, 1.807) is 6.92 Å². The van der Waals surface area contributed by atoms with Gasteiger partial charge in [-0.3, -0.25) is 14.5 Å². The monoisotopic (exact) mass is 632 g/mol. The van der Waals surface area contributed by atoms with Crippen molar-refractivity contribution in [1.29, 1.82) is 0 Å². The fourth-order valence-corrected chi connectivity index (χ4v) is 6.64. The summed E-state index contributed by atoms with van der Waals surface area (Å²) < 4.78 is 37.0. The SMILES string of the molecule is CSc1nc2ccccc2n1CC(C)Oc1cc(NC(=O)CN2CCN(C)CC2)ccc1S(=O)(=O)NC(C=O)CC(=O)O. The molecule has 1 aromatic heterocycles. The van der Waals surface area contributed by atoms with Crippen LogP contribution < -0.4 is 14.8 Å². The van der Waals surface area contributed by atoms with E-state index >= 15 is 0 Å². The first-order valence-corrected chi connectivity index (χ1v) is 16.4. The lowest BCUT2D eigenvalue weighted by Gasteiger charge is -2.31. The van der Waals surface area contributed by atoms with Gasteiger partial charge in [-0.15, -0.1) is 0 Å². The summed E-state index contributed by atoms with van der Waals surface area (Å²) in [7, 11) is -2.37. The molecule has 1 fully saturated rings. The molecule has 2 atom stereocenters. The van der Waals surface area contributed by atoms with Crippen molar-refractivity contribution in [3.63, 3.8) is 0 Å². The van der Waals surface area contributed by atoms with Crippen LogP contribution in [-0.2, 0) is 31.0 Å². The molecule has 0 spiro atoms. The van der Waals surface area contributed by atoms with E-state index in [0.29, 0.717) is 12.2 Å². The maximum absolute atomic E-state index is 13.3. The van der Waals surface area contributed by atoms with Gasteiger partial charge >= 0.3 is 5.97 Å². The Balaban J connectivity index is 1.60. The molecule has 4 rings (SSSR count). The molecule has 232 valence electrons. The summed E-state index contributed by atoms with van der Waals surface area (Å²) in [5.74, 6) is -1.65. The van der Waals surface area contributed by atoms with Crippen LogP contribution in [0, 0.1) is 0 Å². The maximum Gasteiger partial charge on any atom is 0.305 e. The molecular weight excluding hydrogens is 596 g/mol. The smallest absolute Gasteiger partial charge is 0.305 e. The Labute approximate surface area is 254 Å². The van der Waals surface area contributed by atoms with Crippen molar-refractivity contribution in [2.24, 2.45) is 0 Å². The van der Waals surface area contributed by atoms with E-state index in [4.69, 9.17) is 9.84 Å². The number of aliphatic carboxylic acids is 1. The Kier molecular flexibility index (Phi) is 10.8. The minimum atomic E-state index is -4.39. The highest BCUT2D eigenvalue weighted by atomic mass is 32.2. The molecule has 15 heteroatoms. The number of nitrogens with zero attached hydrogens (tertiary/aromatic N) is 4. The third-order valence-electron chi connectivity index (χ3n) is 6.92. The van der Waals surface area contributed by atoms with E-state index in [-0.39, 0.29) is 29.4 Å². The number of ether oxygens (including phenoxy) is 1. The lowest BCUT2D eigenvalue weighted by atomic mass is 10.2. The fourth-order valence-electron chi connectivity index (χ4n) is 4.77. The van der Waals surface area contributed by atoms with E-state index < -0.39 is 34.6 Å². The lowest BCUT2D eigenvalue weighted by molar-refractivity contribution is -0.138. The number of hydrogen-bond donors (Lipinski definition) is 3. The maximum atomic E-state index is 13.3. The molecule has 0 aliphatic carbocycles. The first-order chi connectivity index (χ1) is 20.5. The molecule has 0 bridgehead atoms. The van der Waals surface area contributed by atoms with Crippen LogP contribution >= 0.6 is 11.8 Å². The topological polar surface area (TPSA) is 163 Å². The Morgan fingerprint density at radius 2 is 1.88 bits per heavy atom. The highest BCUT2D eigenvalue weighted by Crippen LogP contribution is 2.30.